The van der Waals surface area contributed by atoms with E-state index in [1.54, 1.807) is 5.32 Å². The Morgan fingerprint density at radius 2 is 1.88 bits per heavy atom. The van der Waals surface area contributed by atoms with Crippen LogP contribution in [0.4, 0.5) is 13.2 Å². The molecule has 0 aliphatic rings. The molecule has 0 radical (unpaired) electrons. The van der Waals surface area contributed by atoms with Gasteiger partial charge in [0.2, 0.25) is 0 Å². The van der Waals surface area contributed by atoms with Crippen molar-refractivity contribution in [1.82, 2.24) is 5.32 Å². The van der Waals surface area contributed by atoms with Crippen molar-refractivity contribution in [2.45, 2.75) is 20.0 Å². The number of esters is 1. The molecule has 0 bridgehead atoms. The predicted molar refractivity (Wildman–Crippen MR) is 82.7 cm³/mol. The summed E-state index contributed by atoms with van der Waals surface area (Å²) in [5, 5.41) is 1.60. The van der Waals surface area contributed by atoms with E-state index in [-0.39, 0.29) is 5.56 Å². The average molecular weight is 363 g/mol. The Labute approximate surface area is 143 Å². The van der Waals surface area contributed by atoms with E-state index >= 15 is 0 Å². The van der Waals surface area contributed by atoms with E-state index in [2.05, 4.69) is 4.74 Å². The Kier molecular flexibility index (Phi) is 7.53. The fourth-order valence-electron chi connectivity index (χ4n) is 1.63. The van der Waals surface area contributed by atoms with Gasteiger partial charge in [-0.2, -0.15) is 13.2 Å². The van der Waals surface area contributed by atoms with E-state index in [9.17, 15) is 22.8 Å². The molecule has 0 spiro atoms. The number of halogens is 3. The Balaban J connectivity index is 2.62. The molecule has 25 heavy (non-hydrogen) atoms. The van der Waals surface area contributed by atoms with Crippen molar-refractivity contribution < 1.29 is 37.0 Å². The molecule has 0 unspecified atom stereocenters. The van der Waals surface area contributed by atoms with Gasteiger partial charge in [0.1, 0.15) is 6.54 Å². The molecule has 0 aliphatic carbocycles. The first-order valence-electron chi connectivity index (χ1n) is 7.43. The topological polar surface area (TPSA) is 73.9 Å². The molecule has 0 saturated carbocycles. The lowest BCUT2D eigenvalue weighted by Crippen LogP contribution is -2.36. The zero-order chi connectivity index (χ0) is 19.0. The van der Waals surface area contributed by atoms with Crippen molar-refractivity contribution in [1.29, 1.82) is 0 Å². The highest BCUT2D eigenvalue weighted by molar-refractivity contribution is 5.92. The molecule has 0 fully saturated rings. The molecule has 140 valence electrons. The third-order valence-corrected chi connectivity index (χ3v) is 2.79. The second kappa shape index (κ2) is 9.14. The largest absolute Gasteiger partial charge is 0.493 e. The van der Waals surface area contributed by atoms with E-state index in [0.717, 1.165) is 0 Å². The smallest absolute Gasteiger partial charge is 0.405 e. The van der Waals surface area contributed by atoms with Gasteiger partial charge in [0.25, 0.3) is 5.91 Å². The number of methoxy groups -OCH3 is 1. The summed E-state index contributed by atoms with van der Waals surface area (Å²) in [7, 11) is 1.40. The standard InChI is InChI=1S/C16H20F3NO5/c1-10(2)7-24-12-5-4-11(6-13(12)23-3)15(22)25-8-14(21)20-9-16(17,18)19/h4-6,10H,7-9H2,1-3H3,(H,20,21). The van der Waals surface area contributed by atoms with Crippen LogP contribution < -0.4 is 14.8 Å². The van der Waals surface area contributed by atoms with E-state index in [4.69, 9.17) is 9.47 Å². The monoisotopic (exact) mass is 363 g/mol. The molecule has 0 atom stereocenters. The minimum absolute atomic E-state index is 0.0809. The SMILES string of the molecule is COc1cc(C(=O)OCC(=O)NCC(F)(F)F)ccc1OCC(C)C. The third kappa shape index (κ3) is 7.77. The van der Waals surface area contributed by atoms with Gasteiger partial charge in [0.05, 0.1) is 19.3 Å². The van der Waals surface area contributed by atoms with E-state index in [1.165, 1.54) is 25.3 Å². The van der Waals surface area contributed by atoms with Gasteiger partial charge >= 0.3 is 12.1 Å². The van der Waals surface area contributed by atoms with Crippen LogP contribution in [0.5, 0.6) is 11.5 Å². The number of alkyl halides is 3. The molecule has 1 rings (SSSR count). The van der Waals surface area contributed by atoms with Crippen molar-refractivity contribution in [2.24, 2.45) is 5.92 Å². The molecule has 9 heteroatoms. The molecule has 1 aromatic carbocycles. The number of nitrogens with one attached hydrogen (secondary N) is 1. The third-order valence-electron chi connectivity index (χ3n) is 2.79. The quantitative estimate of drug-likeness (QED) is 0.719. The highest BCUT2D eigenvalue weighted by atomic mass is 19.4. The Hall–Kier alpha value is -2.45. The van der Waals surface area contributed by atoms with E-state index in [1.807, 2.05) is 13.8 Å². The average Bonchev–Trinajstić information content (AvgIpc) is 2.54. The molecule has 0 aliphatic heterocycles. The van der Waals surface area contributed by atoms with Gasteiger partial charge < -0.3 is 19.5 Å². The maximum absolute atomic E-state index is 12.0. The van der Waals surface area contributed by atoms with Crippen LogP contribution in [0.1, 0.15) is 24.2 Å². The number of rotatable bonds is 8. The van der Waals surface area contributed by atoms with Crippen LogP contribution in [0, 0.1) is 5.92 Å². The molecule has 0 saturated heterocycles. The van der Waals surface area contributed by atoms with E-state index < -0.39 is 31.2 Å². The molecule has 6 nitrogen and oxygen atoms in total. The summed E-state index contributed by atoms with van der Waals surface area (Å²) in [5.41, 5.74) is 0.0809. The second-order valence-electron chi connectivity index (χ2n) is 5.54. The number of carbonyl (C=O) groups is 2. The summed E-state index contributed by atoms with van der Waals surface area (Å²) in [5.74, 6) is -0.873. The molecule has 0 aromatic heterocycles. The zero-order valence-corrected chi connectivity index (χ0v) is 14.1. The minimum atomic E-state index is -4.53. The van der Waals surface area contributed by atoms with Crippen molar-refractivity contribution in [3.05, 3.63) is 23.8 Å². The molecule has 1 N–H and O–H groups in total. The normalized spacial score (nSPS) is 11.2. The van der Waals surface area contributed by atoms with Crippen LogP contribution in [0.3, 0.4) is 0 Å². The van der Waals surface area contributed by atoms with Crippen molar-refractivity contribution >= 4 is 11.9 Å². The van der Waals surface area contributed by atoms with Gasteiger partial charge in [-0.25, -0.2) is 4.79 Å². The van der Waals surface area contributed by atoms with Crippen LogP contribution in [-0.2, 0) is 9.53 Å². The molecule has 1 amide bonds. The molecular formula is C16H20F3NO5. The molecule has 1 aromatic rings. The van der Waals surface area contributed by atoms with Crippen LogP contribution in [0.25, 0.3) is 0 Å². The first kappa shape index (κ1) is 20.6. The van der Waals surface area contributed by atoms with Gasteiger partial charge in [-0.15, -0.1) is 0 Å². The highest BCUT2D eigenvalue weighted by Gasteiger charge is 2.27. The van der Waals surface area contributed by atoms with Gasteiger partial charge in [-0.1, -0.05) is 13.8 Å². The van der Waals surface area contributed by atoms with Crippen LogP contribution in [0.2, 0.25) is 0 Å². The van der Waals surface area contributed by atoms with Crippen molar-refractivity contribution in [3.63, 3.8) is 0 Å². The molecule has 0 heterocycles. The lowest BCUT2D eigenvalue weighted by atomic mass is 10.2. The van der Waals surface area contributed by atoms with Crippen molar-refractivity contribution in [2.75, 3.05) is 26.9 Å². The Bertz CT molecular complexity index is 602. The number of amides is 1. The second-order valence-corrected chi connectivity index (χ2v) is 5.54. The first-order chi connectivity index (χ1) is 11.6. The van der Waals surface area contributed by atoms with Crippen LogP contribution >= 0.6 is 0 Å². The number of hydrogen-bond acceptors (Lipinski definition) is 5. The van der Waals surface area contributed by atoms with Gasteiger partial charge in [0.15, 0.2) is 18.1 Å². The number of ether oxygens (including phenoxy) is 3. The number of benzene rings is 1. The number of carbonyl (C=O) groups excluding carboxylic acids is 2. The number of hydrogen-bond donors (Lipinski definition) is 1. The minimum Gasteiger partial charge on any atom is -0.493 e. The predicted octanol–water partition coefficient (Wildman–Crippen LogP) is 2.57. The summed E-state index contributed by atoms with van der Waals surface area (Å²) in [6.45, 7) is 2.10. The van der Waals surface area contributed by atoms with Crippen LogP contribution in [0.15, 0.2) is 18.2 Å². The Morgan fingerprint density at radius 1 is 1.20 bits per heavy atom. The fourth-order valence-corrected chi connectivity index (χ4v) is 1.63. The van der Waals surface area contributed by atoms with Gasteiger partial charge in [-0.05, 0) is 24.1 Å². The first-order valence-corrected chi connectivity index (χ1v) is 7.43. The summed E-state index contributed by atoms with van der Waals surface area (Å²) in [4.78, 5) is 23.1. The fraction of sp³-hybridized carbons (Fsp3) is 0.500. The zero-order valence-electron chi connectivity index (χ0n) is 14.1. The van der Waals surface area contributed by atoms with Crippen LogP contribution in [-0.4, -0.2) is 44.9 Å². The Morgan fingerprint density at radius 3 is 2.44 bits per heavy atom. The van der Waals surface area contributed by atoms with E-state index in [0.29, 0.717) is 24.0 Å². The lowest BCUT2D eigenvalue weighted by molar-refractivity contribution is -0.140. The summed E-state index contributed by atoms with van der Waals surface area (Å²) in [6.07, 6.45) is -4.53. The molecular weight excluding hydrogens is 343 g/mol. The summed E-state index contributed by atoms with van der Waals surface area (Å²) >= 11 is 0. The van der Waals surface area contributed by atoms with Gasteiger partial charge in [-0.3, -0.25) is 4.79 Å². The highest BCUT2D eigenvalue weighted by Crippen LogP contribution is 2.28. The lowest BCUT2D eigenvalue weighted by Gasteiger charge is -2.13. The maximum atomic E-state index is 12.0. The summed E-state index contributed by atoms with van der Waals surface area (Å²) in [6, 6.07) is 4.29. The maximum Gasteiger partial charge on any atom is 0.405 e. The summed E-state index contributed by atoms with van der Waals surface area (Å²) < 4.78 is 51.2. The van der Waals surface area contributed by atoms with Gasteiger partial charge in [0, 0.05) is 0 Å². The van der Waals surface area contributed by atoms with Crippen molar-refractivity contribution in [3.8, 4) is 11.5 Å².